The molecule has 2 heteroatoms. The summed E-state index contributed by atoms with van der Waals surface area (Å²) in [6.07, 6.45) is 1.56. The number of carbonyl (C=O) groups excluding carboxylic acids is 1. The molecule has 2 rings (SSSR count). The van der Waals surface area contributed by atoms with E-state index in [1.807, 2.05) is 54.6 Å². The monoisotopic (exact) mass is 256 g/mol. The van der Waals surface area contributed by atoms with E-state index < -0.39 is 0 Å². The summed E-state index contributed by atoms with van der Waals surface area (Å²) in [5.74, 6) is 0.265. The third kappa shape index (κ3) is 7.22. The number of rotatable bonds is 3. The Morgan fingerprint density at radius 2 is 1.69 bits per heavy atom. The summed E-state index contributed by atoms with van der Waals surface area (Å²) < 4.78 is 0. The van der Waals surface area contributed by atoms with Crippen LogP contribution in [0.2, 0.25) is 0 Å². The molecule has 2 aromatic carbocycles. The zero-order valence-corrected chi connectivity index (χ0v) is 10.5. The average molecular weight is 256 g/mol. The molecule has 0 radical (unpaired) electrons. The van der Waals surface area contributed by atoms with Crippen molar-refractivity contribution in [1.82, 2.24) is 0 Å². The second-order valence-corrected chi connectivity index (χ2v) is 3.46. The van der Waals surface area contributed by atoms with Crippen molar-refractivity contribution in [2.45, 2.75) is 19.8 Å². The normalized spacial score (nSPS) is 8.56. The van der Waals surface area contributed by atoms with Crippen LogP contribution in [0.25, 0.3) is 0 Å². The van der Waals surface area contributed by atoms with Crippen LogP contribution in [0, 0.1) is 0 Å². The van der Waals surface area contributed by atoms with E-state index in [2.05, 4.69) is 0 Å². The first-order chi connectivity index (χ1) is 7.29. The summed E-state index contributed by atoms with van der Waals surface area (Å²) in [7, 11) is 0. The van der Waals surface area contributed by atoms with Gasteiger partial charge in [-0.2, -0.15) is 35.9 Å². The van der Waals surface area contributed by atoms with Crippen molar-refractivity contribution in [2.24, 2.45) is 0 Å². The molecule has 0 aliphatic heterocycles. The van der Waals surface area contributed by atoms with Gasteiger partial charge in [0.15, 0.2) is 0 Å². The van der Waals surface area contributed by atoms with Crippen molar-refractivity contribution in [2.75, 3.05) is 0 Å². The maximum atomic E-state index is 10.5. The second-order valence-electron chi connectivity index (χ2n) is 3.46. The van der Waals surface area contributed by atoms with Gasteiger partial charge in [-0.1, -0.05) is 6.42 Å². The third-order valence-corrected chi connectivity index (χ3v) is 2.05. The Morgan fingerprint density at radius 3 is 2.06 bits per heavy atom. The number of Topliss-reactive ketones (excluding diaryl/α,β-unsaturated/α-hetero) is 1. The number of carbonyl (C=O) groups is 1. The van der Waals surface area contributed by atoms with Gasteiger partial charge in [-0.15, -0.1) is 0 Å². The standard InChI is InChI=1S/C9H11O.C5H5.Fe/c1-8(10)6-7-9-4-2-3-5-9;1-2-4-5-3-1;/h2-5H,6-7H2,1H3;1-5H;/q2*-1;+2. The van der Waals surface area contributed by atoms with Crippen LogP contribution in [0.4, 0.5) is 0 Å². The van der Waals surface area contributed by atoms with Gasteiger partial charge in [0.1, 0.15) is 5.78 Å². The van der Waals surface area contributed by atoms with Crippen LogP contribution in [0.5, 0.6) is 0 Å². The van der Waals surface area contributed by atoms with Crippen molar-refractivity contribution >= 4 is 5.78 Å². The van der Waals surface area contributed by atoms with Gasteiger partial charge in [0, 0.05) is 0 Å². The van der Waals surface area contributed by atoms with Gasteiger partial charge in [-0.25, -0.2) is 24.3 Å². The van der Waals surface area contributed by atoms with Crippen LogP contribution in [-0.4, -0.2) is 5.78 Å². The van der Waals surface area contributed by atoms with Gasteiger partial charge >= 0.3 is 17.1 Å². The molecule has 0 saturated heterocycles. The molecule has 0 aromatic heterocycles. The van der Waals surface area contributed by atoms with E-state index >= 15 is 0 Å². The summed E-state index contributed by atoms with van der Waals surface area (Å²) in [4.78, 5) is 10.5. The molecule has 86 valence electrons. The average Bonchev–Trinajstić information content (AvgIpc) is 2.91. The van der Waals surface area contributed by atoms with Crippen molar-refractivity contribution in [3.05, 3.63) is 60.2 Å². The summed E-state index contributed by atoms with van der Waals surface area (Å²) in [6.45, 7) is 1.63. The van der Waals surface area contributed by atoms with E-state index in [4.69, 9.17) is 0 Å². The SMILES string of the molecule is CC(=O)CC[c-]1cccc1.[Fe+2].c1cc[cH-]c1. The number of hydrogen-bond acceptors (Lipinski definition) is 1. The van der Waals surface area contributed by atoms with Crippen LogP contribution in [0.1, 0.15) is 18.9 Å². The predicted octanol–water partition coefficient (Wildman–Crippen LogP) is 3.33. The first kappa shape index (κ1) is 14.9. The van der Waals surface area contributed by atoms with Gasteiger partial charge in [0.25, 0.3) is 0 Å². The Hall–Kier alpha value is -1.11. The first-order valence-corrected chi connectivity index (χ1v) is 5.16. The van der Waals surface area contributed by atoms with Gasteiger partial charge in [0.2, 0.25) is 0 Å². The smallest absolute Gasteiger partial charge is 0.300 e. The predicted molar refractivity (Wildman–Crippen MR) is 63.1 cm³/mol. The van der Waals surface area contributed by atoms with Crippen LogP contribution < -0.4 is 0 Å². The van der Waals surface area contributed by atoms with E-state index in [0.29, 0.717) is 6.42 Å². The minimum Gasteiger partial charge on any atom is -0.300 e. The topological polar surface area (TPSA) is 17.1 Å². The minimum atomic E-state index is 0. The molecule has 0 spiro atoms. The fraction of sp³-hybridized carbons (Fsp3) is 0.214. The van der Waals surface area contributed by atoms with Crippen molar-refractivity contribution < 1.29 is 21.9 Å². The molecule has 0 N–H and O–H groups in total. The van der Waals surface area contributed by atoms with E-state index in [1.54, 1.807) is 6.92 Å². The van der Waals surface area contributed by atoms with Crippen LogP contribution in [-0.2, 0) is 28.3 Å². The molecule has 1 nitrogen and oxygen atoms in total. The Bertz CT molecular complexity index is 329. The zero-order valence-electron chi connectivity index (χ0n) is 9.37. The van der Waals surface area contributed by atoms with Crippen LogP contribution in [0.15, 0.2) is 54.6 Å². The van der Waals surface area contributed by atoms with Crippen molar-refractivity contribution in [3.63, 3.8) is 0 Å². The van der Waals surface area contributed by atoms with Gasteiger partial charge in [0.05, 0.1) is 0 Å². The van der Waals surface area contributed by atoms with Crippen molar-refractivity contribution in [1.29, 1.82) is 0 Å². The first-order valence-electron chi connectivity index (χ1n) is 5.16. The largest absolute Gasteiger partial charge is 2.00 e. The van der Waals surface area contributed by atoms with Crippen molar-refractivity contribution in [3.8, 4) is 0 Å². The van der Waals surface area contributed by atoms with E-state index in [-0.39, 0.29) is 22.9 Å². The molecule has 0 saturated carbocycles. The Morgan fingerprint density at radius 1 is 1.12 bits per heavy atom. The second kappa shape index (κ2) is 9.14. The Balaban J connectivity index is 0.000000318. The quantitative estimate of drug-likeness (QED) is 0.608. The molecule has 0 aliphatic rings. The molecule has 0 unspecified atom stereocenters. The number of aryl methyl sites for hydroxylation is 1. The number of ketones is 1. The summed E-state index contributed by atoms with van der Waals surface area (Å²) in [5.41, 5.74) is 1.26. The maximum Gasteiger partial charge on any atom is 2.00 e. The van der Waals surface area contributed by atoms with Crippen LogP contribution >= 0.6 is 0 Å². The van der Waals surface area contributed by atoms with Gasteiger partial charge in [-0.05, 0) is 13.3 Å². The summed E-state index contributed by atoms with van der Waals surface area (Å²) >= 11 is 0. The molecule has 0 bridgehead atoms. The molecule has 2 aromatic rings. The fourth-order valence-corrected chi connectivity index (χ4v) is 1.22. The van der Waals surface area contributed by atoms with Crippen LogP contribution in [0.3, 0.4) is 0 Å². The Kier molecular flexibility index (Phi) is 8.51. The molecular formula is C14H16FeO. The zero-order chi connectivity index (χ0) is 10.9. The maximum absolute atomic E-state index is 10.5. The van der Waals surface area contributed by atoms with E-state index in [9.17, 15) is 4.79 Å². The summed E-state index contributed by atoms with van der Waals surface area (Å²) in [5, 5.41) is 0. The molecule has 16 heavy (non-hydrogen) atoms. The minimum absolute atomic E-state index is 0. The molecular weight excluding hydrogens is 240 g/mol. The number of hydrogen-bond donors (Lipinski definition) is 0. The molecule has 0 fully saturated rings. The Labute approximate surface area is 108 Å². The third-order valence-electron chi connectivity index (χ3n) is 2.05. The van der Waals surface area contributed by atoms with Gasteiger partial charge in [-0.3, -0.25) is 0 Å². The molecule has 0 heterocycles. The van der Waals surface area contributed by atoms with Gasteiger partial charge < -0.3 is 4.79 Å². The molecule has 0 aliphatic carbocycles. The summed E-state index contributed by atoms with van der Waals surface area (Å²) in [6, 6.07) is 18.1. The molecule has 0 amide bonds. The fourth-order valence-electron chi connectivity index (χ4n) is 1.22. The van der Waals surface area contributed by atoms with E-state index in [0.717, 1.165) is 6.42 Å². The van der Waals surface area contributed by atoms with E-state index in [1.165, 1.54) is 5.56 Å². The molecule has 0 atom stereocenters.